The lowest BCUT2D eigenvalue weighted by molar-refractivity contribution is -0.122. The van der Waals surface area contributed by atoms with Crippen LogP contribution in [0.5, 0.6) is 5.75 Å². The molecule has 0 saturated carbocycles. The van der Waals surface area contributed by atoms with Gasteiger partial charge in [-0.3, -0.25) is 4.79 Å². The minimum Gasteiger partial charge on any atom is -0.481 e. The molecule has 0 spiro atoms. The van der Waals surface area contributed by atoms with Gasteiger partial charge in [-0.25, -0.2) is 4.79 Å². The van der Waals surface area contributed by atoms with Crippen molar-refractivity contribution < 1.29 is 19.4 Å². The zero-order valence-corrected chi connectivity index (χ0v) is 14.3. The van der Waals surface area contributed by atoms with Crippen LogP contribution in [0.25, 0.3) is 0 Å². The number of carboxylic acid groups (broad SMARTS) is 1. The Bertz CT molecular complexity index is 783. The number of carbonyl (C=O) groups excluding carboxylic acids is 1. The molecule has 130 valence electrons. The van der Waals surface area contributed by atoms with Crippen LogP contribution in [0, 0.1) is 0 Å². The number of hydrogen-bond acceptors (Lipinski definition) is 3. The van der Waals surface area contributed by atoms with E-state index in [-0.39, 0.29) is 11.5 Å². The summed E-state index contributed by atoms with van der Waals surface area (Å²) in [7, 11) is 0. The summed E-state index contributed by atoms with van der Waals surface area (Å²) in [4.78, 5) is 25.3. The maximum Gasteiger partial charge on any atom is 0.335 e. The van der Waals surface area contributed by atoms with Crippen molar-refractivity contribution in [3.05, 3.63) is 59.7 Å². The molecule has 25 heavy (non-hydrogen) atoms. The predicted octanol–water partition coefficient (Wildman–Crippen LogP) is 3.69. The summed E-state index contributed by atoms with van der Waals surface area (Å²) < 4.78 is 5.84. The normalized spacial score (nSPS) is 17.2. The lowest BCUT2D eigenvalue weighted by Crippen LogP contribution is -2.32. The van der Waals surface area contributed by atoms with Crippen molar-refractivity contribution in [2.45, 2.75) is 32.3 Å². The summed E-state index contributed by atoms with van der Waals surface area (Å²) in [6.45, 7) is 4.76. The SMILES string of the molecule is CC(C)c1ccc(O[C@H]2CCN(c3cccc(C(=O)O)c3)C2=O)cc1. The summed E-state index contributed by atoms with van der Waals surface area (Å²) >= 11 is 0. The second kappa shape index (κ2) is 6.97. The van der Waals surface area contributed by atoms with Crippen LogP contribution in [-0.2, 0) is 4.79 Å². The predicted molar refractivity (Wildman–Crippen MR) is 95.3 cm³/mol. The quantitative estimate of drug-likeness (QED) is 0.902. The first kappa shape index (κ1) is 17.0. The van der Waals surface area contributed by atoms with Crippen molar-refractivity contribution in [1.82, 2.24) is 0 Å². The van der Waals surface area contributed by atoms with E-state index in [0.29, 0.717) is 30.3 Å². The average Bonchev–Trinajstić information content (AvgIpc) is 2.96. The van der Waals surface area contributed by atoms with E-state index in [2.05, 4.69) is 13.8 Å². The van der Waals surface area contributed by atoms with E-state index in [4.69, 9.17) is 9.84 Å². The zero-order chi connectivity index (χ0) is 18.0. The maximum atomic E-state index is 12.6. The second-order valence-corrected chi connectivity index (χ2v) is 6.46. The molecule has 2 aromatic rings. The number of hydrogen-bond donors (Lipinski definition) is 1. The molecule has 1 aliphatic rings. The van der Waals surface area contributed by atoms with E-state index in [1.54, 1.807) is 17.0 Å². The molecule has 5 nitrogen and oxygen atoms in total. The summed E-state index contributed by atoms with van der Waals surface area (Å²) in [5.74, 6) is -0.0370. The third-order valence-corrected chi connectivity index (χ3v) is 4.39. The number of ether oxygens (including phenoxy) is 1. The maximum absolute atomic E-state index is 12.6. The van der Waals surface area contributed by atoms with Crippen LogP contribution in [-0.4, -0.2) is 29.6 Å². The number of anilines is 1. The molecule has 3 rings (SSSR count). The first-order valence-corrected chi connectivity index (χ1v) is 8.37. The number of rotatable bonds is 5. The highest BCUT2D eigenvalue weighted by Gasteiger charge is 2.34. The number of nitrogens with zero attached hydrogens (tertiary/aromatic N) is 1. The first-order valence-electron chi connectivity index (χ1n) is 8.37. The molecule has 1 fully saturated rings. The van der Waals surface area contributed by atoms with E-state index in [9.17, 15) is 9.59 Å². The third-order valence-electron chi connectivity index (χ3n) is 4.39. The number of aromatic carboxylic acids is 1. The van der Waals surface area contributed by atoms with Crippen molar-refractivity contribution in [2.24, 2.45) is 0 Å². The van der Waals surface area contributed by atoms with Gasteiger partial charge in [0.2, 0.25) is 0 Å². The van der Waals surface area contributed by atoms with Crippen molar-refractivity contribution in [2.75, 3.05) is 11.4 Å². The molecule has 2 aromatic carbocycles. The van der Waals surface area contributed by atoms with Crippen LogP contribution in [0.2, 0.25) is 0 Å². The third kappa shape index (κ3) is 3.65. The van der Waals surface area contributed by atoms with Gasteiger partial charge >= 0.3 is 5.97 Å². The second-order valence-electron chi connectivity index (χ2n) is 6.46. The van der Waals surface area contributed by atoms with Gasteiger partial charge < -0.3 is 14.7 Å². The Balaban J connectivity index is 1.71. The van der Waals surface area contributed by atoms with Gasteiger partial charge in [0, 0.05) is 18.7 Å². The molecule has 1 saturated heterocycles. The highest BCUT2D eigenvalue weighted by molar-refractivity contribution is 6.00. The monoisotopic (exact) mass is 339 g/mol. The Morgan fingerprint density at radius 1 is 1.20 bits per heavy atom. The smallest absolute Gasteiger partial charge is 0.335 e. The Morgan fingerprint density at radius 2 is 1.92 bits per heavy atom. The van der Waals surface area contributed by atoms with Gasteiger partial charge in [-0.05, 0) is 41.8 Å². The lowest BCUT2D eigenvalue weighted by atomic mass is 10.0. The van der Waals surface area contributed by atoms with Crippen LogP contribution >= 0.6 is 0 Å². The molecule has 1 amide bonds. The Labute approximate surface area is 146 Å². The molecule has 0 aliphatic carbocycles. The van der Waals surface area contributed by atoms with Crippen LogP contribution in [0.1, 0.15) is 42.1 Å². The van der Waals surface area contributed by atoms with Gasteiger partial charge in [0.05, 0.1) is 5.56 Å². The fraction of sp³-hybridized carbons (Fsp3) is 0.300. The van der Waals surface area contributed by atoms with Gasteiger partial charge in [0.25, 0.3) is 5.91 Å². The van der Waals surface area contributed by atoms with Gasteiger partial charge in [-0.2, -0.15) is 0 Å². The summed E-state index contributed by atoms with van der Waals surface area (Å²) in [6.07, 6.45) is 0.0283. The van der Waals surface area contributed by atoms with Gasteiger partial charge in [-0.15, -0.1) is 0 Å². The largest absolute Gasteiger partial charge is 0.481 e. The highest BCUT2D eigenvalue weighted by atomic mass is 16.5. The molecule has 1 atom stereocenters. The zero-order valence-electron chi connectivity index (χ0n) is 14.3. The molecule has 0 aromatic heterocycles. The van der Waals surface area contributed by atoms with Crippen molar-refractivity contribution >= 4 is 17.6 Å². The number of carboxylic acids is 1. The molecule has 0 unspecified atom stereocenters. The van der Waals surface area contributed by atoms with E-state index < -0.39 is 12.1 Å². The Morgan fingerprint density at radius 3 is 2.56 bits per heavy atom. The molecule has 1 N–H and O–H groups in total. The molecule has 0 radical (unpaired) electrons. The van der Waals surface area contributed by atoms with Crippen LogP contribution < -0.4 is 9.64 Å². The summed E-state index contributed by atoms with van der Waals surface area (Å²) in [5.41, 5.74) is 1.97. The summed E-state index contributed by atoms with van der Waals surface area (Å²) in [6, 6.07) is 14.2. The summed E-state index contributed by atoms with van der Waals surface area (Å²) in [5, 5.41) is 9.10. The molecule has 1 heterocycles. The molecule has 0 bridgehead atoms. The fourth-order valence-electron chi connectivity index (χ4n) is 2.92. The Kier molecular flexibility index (Phi) is 4.74. The van der Waals surface area contributed by atoms with E-state index in [0.717, 1.165) is 0 Å². The lowest BCUT2D eigenvalue weighted by Gasteiger charge is -2.18. The van der Waals surface area contributed by atoms with Crippen molar-refractivity contribution in [3.8, 4) is 5.75 Å². The molecule has 5 heteroatoms. The van der Waals surface area contributed by atoms with E-state index >= 15 is 0 Å². The van der Waals surface area contributed by atoms with Crippen molar-refractivity contribution in [3.63, 3.8) is 0 Å². The van der Waals surface area contributed by atoms with Gasteiger partial charge in [-0.1, -0.05) is 32.0 Å². The van der Waals surface area contributed by atoms with Crippen LogP contribution in [0.15, 0.2) is 48.5 Å². The highest BCUT2D eigenvalue weighted by Crippen LogP contribution is 2.26. The van der Waals surface area contributed by atoms with Crippen molar-refractivity contribution in [1.29, 1.82) is 0 Å². The van der Waals surface area contributed by atoms with E-state index in [1.165, 1.54) is 17.7 Å². The minimum atomic E-state index is -1.01. The number of carbonyl (C=O) groups is 2. The fourth-order valence-corrected chi connectivity index (χ4v) is 2.92. The van der Waals surface area contributed by atoms with Crippen LogP contribution in [0.3, 0.4) is 0 Å². The minimum absolute atomic E-state index is 0.143. The average molecular weight is 339 g/mol. The van der Waals surface area contributed by atoms with Crippen LogP contribution in [0.4, 0.5) is 5.69 Å². The molecular formula is C20H21NO4. The molecule has 1 aliphatic heterocycles. The Hall–Kier alpha value is -2.82. The number of benzene rings is 2. The number of amides is 1. The first-order chi connectivity index (χ1) is 12.0. The topological polar surface area (TPSA) is 66.8 Å². The molecular weight excluding hydrogens is 318 g/mol. The van der Waals surface area contributed by atoms with E-state index in [1.807, 2.05) is 24.3 Å². The van der Waals surface area contributed by atoms with Gasteiger partial charge in [0.1, 0.15) is 5.75 Å². The van der Waals surface area contributed by atoms with Gasteiger partial charge in [0.15, 0.2) is 6.10 Å². The standard InChI is InChI=1S/C20H21NO4/c1-13(2)14-6-8-17(9-7-14)25-18-10-11-21(19(18)22)16-5-3-4-15(12-16)20(23)24/h3-9,12-13,18H,10-11H2,1-2H3,(H,23,24)/t18-/m0/s1.